The van der Waals surface area contributed by atoms with Gasteiger partial charge in [-0.15, -0.1) is 0 Å². The summed E-state index contributed by atoms with van der Waals surface area (Å²) in [5, 5.41) is 3.80. The molecule has 2 aromatic rings. The second kappa shape index (κ2) is 8.56. The lowest BCUT2D eigenvalue weighted by Crippen LogP contribution is -2.48. The van der Waals surface area contributed by atoms with Gasteiger partial charge < -0.3 is 14.8 Å². The van der Waals surface area contributed by atoms with Crippen LogP contribution in [-0.2, 0) is 21.4 Å². The first kappa shape index (κ1) is 18.7. The third kappa shape index (κ3) is 4.19. The molecule has 2 aromatic carbocycles. The standard InChI is InChI=1S/C21H24ClNO3/c1-25-19-4-2-3-16(15-19)9-12-23-20(24)21(10-13-26-14-11-21)17-5-7-18(22)8-6-17/h2-8,15H,9-14H2,1H3,(H,23,24). The van der Waals surface area contributed by atoms with Crippen LogP contribution in [-0.4, -0.2) is 32.8 Å². The predicted molar refractivity (Wildman–Crippen MR) is 103 cm³/mol. The molecule has 26 heavy (non-hydrogen) atoms. The maximum absolute atomic E-state index is 13.1. The molecule has 1 saturated heterocycles. The van der Waals surface area contributed by atoms with E-state index in [-0.39, 0.29) is 5.91 Å². The minimum atomic E-state index is -0.544. The van der Waals surface area contributed by atoms with Crippen LogP contribution in [0.2, 0.25) is 5.02 Å². The maximum atomic E-state index is 13.1. The highest BCUT2D eigenvalue weighted by Crippen LogP contribution is 2.35. The highest BCUT2D eigenvalue weighted by Gasteiger charge is 2.41. The van der Waals surface area contributed by atoms with Gasteiger partial charge >= 0.3 is 0 Å². The summed E-state index contributed by atoms with van der Waals surface area (Å²) in [5.74, 6) is 0.891. The lowest BCUT2D eigenvalue weighted by atomic mass is 9.73. The average molecular weight is 374 g/mol. The van der Waals surface area contributed by atoms with E-state index in [1.54, 1.807) is 7.11 Å². The van der Waals surface area contributed by atoms with Crippen LogP contribution in [0.4, 0.5) is 0 Å². The van der Waals surface area contributed by atoms with Crippen molar-refractivity contribution >= 4 is 17.5 Å². The van der Waals surface area contributed by atoms with Gasteiger partial charge in [0.15, 0.2) is 0 Å². The van der Waals surface area contributed by atoms with Gasteiger partial charge in [-0.25, -0.2) is 0 Å². The van der Waals surface area contributed by atoms with Gasteiger partial charge in [-0.1, -0.05) is 35.9 Å². The van der Waals surface area contributed by atoms with E-state index in [1.807, 2.05) is 48.5 Å². The lowest BCUT2D eigenvalue weighted by Gasteiger charge is -2.36. The third-order valence-electron chi connectivity index (χ3n) is 5.01. The van der Waals surface area contributed by atoms with Crippen LogP contribution in [0.3, 0.4) is 0 Å². The number of hydrogen-bond donors (Lipinski definition) is 1. The number of carbonyl (C=O) groups is 1. The number of benzene rings is 2. The molecule has 138 valence electrons. The van der Waals surface area contributed by atoms with E-state index in [4.69, 9.17) is 21.1 Å². The van der Waals surface area contributed by atoms with Crippen molar-refractivity contribution in [3.8, 4) is 5.75 Å². The summed E-state index contributed by atoms with van der Waals surface area (Å²) >= 11 is 6.02. The highest BCUT2D eigenvalue weighted by atomic mass is 35.5. The molecule has 5 heteroatoms. The summed E-state index contributed by atoms with van der Waals surface area (Å²) in [4.78, 5) is 13.1. The Kier molecular flexibility index (Phi) is 6.17. The van der Waals surface area contributed by atoms with Gasteiger partial charge in [0.2, 0.25) is 5.91 Å². The molecule has 0 aromatic heterocycles. The van der Waals surface area contributed by atoms with E-state index in [9.17, 15) is 4.79 Å². The summed E-state index contributed by atoms with van der Waals surface area (Å²) in [5.41, 5.74) is 1.60. The topological polar surface area (TPSA) is 47.6 Å². The summed E-state index contributed by atoms with van der Waals surface area (Å²) in [6.45, 7) is 1.76. The number of ether oxygens (including phenoxy) is 2. The minimum absolute atomic E-state index is 0.0611. The Labute approximate surface area is 159 Å². The van der Waals surface area contributed by atoms with Crippen LogP contribution in [0.25, 0.3) is 0 Å². The Morgan fingerprint density at radius 1 is 1.19 bits per heavy atom. The molecule has 1 amide bonds. The molecule has 0 atom stereocenters. The van der Waals surface area contributed by atoms with Crippen molar-refractivity contribution in [2.24, 2.45) is 0 Å². The van der Waals surface area contributed by atoms with Crippen molar-refractivity contribution in [1.82, 2.24) is 5.32 Å². The molecule has 1 aliphatic heterocycles. The molecule has 0 aliphatic carbocycles. The summed E-state index contributed by atoms with van der Waals surface area (Å²) < 4.78 is 10.7. The number of amides is 1. The summed E-state index contributed by atoms with van der Waals surface area (Å²) in [6.07, 6.45) is 2.12. The largest absolute Gasteiger partial charge is 0.497 e. The summed E-state index contributed by atoms with van der Waals surface area (Å²) in [6, 6.07) is 15.5. The van der Waals surface area contributed by atoms with Crippen LogP contribution >= 0.6 is 11.6 Å². The normalized spacial score (nSPS) is 16.1. The first-order chi connectivity index (χ1) is 12.6. The van der Waals surface area contributed by atoms with E-state index in [2.05, 4.69) is 5.32 Å². The Balaban J connectivity index is 1.69. The molecule has 1 heterocycles. The fraction of sp³-hybridized carbons (Fsp3) is 0.381. The highest BCUT2D eigenvalue weighted by molar-refractivity contribution is 6.30. The molecule has 1 aliphatic rings. The van der Waals surface area contributed by atoms with Gasteiger partial charge in [-0.05, 0) is 54.7 Å². The molecule has 0 spiro atoms. The van der Waals surface area contributed by atoms with Crippen LogP contribution in [0.1, 0.15) is 24.0 Å². The second-order valence-corrected chi connectivity index (χ2v) is 7.00. The second-order valence-electron chi connectivity index (χ2n) is 6.56. The predicted octanol–water partition coefficient (Wildman–Crippen LogP) is 3.76. The third-order valence-corrected chi connectivity index (χ3v) is 5.26. The zero-order valence-electron chi connectivity index (χ0n) is 15.0. The van der Waals surface area contributed by atoms with Gasteiger partial charge in [-0.2, -0.15) is 0 Å². The van der Waals surface area contributed by atoms with E-state index in [1.165, 1.54) is 0 Å². The fourth-order valence-electron chi connectivity index (χ4n) is 3.45. The van der Waals surface area contributed by atoms with Gasteiger partial charge in [-0.3, -0.25) is 4.79 Å². The molecule has 1 N–H and O–H groups in total. The molecule has 0 radical (unpaired) electrons. The number of carbonyl (C=O) groups excluding carboxylic acids is 1. The lowest BCUT2D eigenvalue weighted by molar-refractivity contribution is -0.130. The number of halogens is 1. The van der Waals surface area contributed by atoms with E-state index >= 15 is 0 Å². The number of nitrogens with one attached hydrogen (secondary N) is 1. The van der Waals surface area contributed by atoms with Gasteiger partial charge in [0.1, 0.15) is 5.75 Å². The maximum Gasteiger partial charge on any atom is 0.230 e. The first-order valence-electron chi connectivity index (χ1n) is 8.89. The molecule has 0 bridgehead atoms. The molecule has 0 saturated carbocycles. The molecule has 1 fully saturated rings. The average Bonchev–Trinajstić information content (AvgIpc) is 2.69. The van der Waals surface area contributed by atoms with Crippen molar-refractivity contribution < 1.29 is 14.3 Å². The smallest absolute Gasteiger partial charge is 0.230 e. The molecular formula is C21H24ClNO3. The monoisotopic (exact) mass is 373 g/mol. The van der Waals surface area contributed by atoms with E-state index in [0.717, 1.165) is 23.3 Å². The minimum Gasteiger partial charge on any atom is -0.497 e. The quantitative estimate of drug-likeness (QED) is 0.838. The van der Waals surface area contributed by atoms with Crippen LogP contribution < -0.4 is 10.1 Å². The number of methoxy groups -OCH3 is 1. The fourth-order valence-corrected chi connectivity index (χ4v) is 3.58. The van der Waals surface area contributed by atoms with Crippen molar-refractivity contribution in [2.75, 3.05) is 26.9 Å². The van der Waals surface area contributed by atoms with Crippen LogP contribution in [0.15, 0.2) is 48.5 Å². The Bertz CT molecular complexity index is 739. The van der Waals surface area contributed by atoms with Crippen molar-refractivity contribution in [3.63, 3.8) is 0 Å². The first-order valence-corrected chi connectivity index (χ1v) is 9.27. The van der Waals surface area contributed by atoms with E-state index in [0.29, 0.717) is 37.6 Å². The summed E-state index contributed by atoms with van der Waals surface area (Å²) in [7, 11) is 1.65. The van der Waals surface area contributed by atoms with Crippen molar-refractivity contribution in [1.29, 1.82) is 0 Å². The Hall–Kier alpha value is -2.04. The number of hydrogen-bond acceptors (Lipinski definition) is 3. The zero-order valence-corrected chi connectivity index (χ0v) is 15.7. The molecular weight excluding hydrogens is 350 g/mol. The Morgan fingerprint density at radius 2 is 1.92 bits per heavy atom. The van der Waals surface area contributed by atoms with Crippen molar-refractivity contribution in [3.05, 3.63) is 64.7 Å². The zero-order chi connectivity index (χ0) is 18.4. The SMILES string of the molecule is COc1cccc(CCNC(=O)C2(c3ccc(Cl)cc3)CCOCC2)c1. The molecule has 3 rings (SSSR count). The van der Waals surface area contributed by atoms with Crippen LogP contribution in [0, 0.1) is 0 Å². The molecule has 0 unspecified atom stereocenters. The van der Waals surface area contributed by atoms with Gasteiger partial charge in [0, 0.05) is 24.8 Å². The van der Waals surface area contributed by atoms with Gasteiger partial charge in [0.05, 0.1) is 12.5 Å². The van der Waals surface area contributed by atoms with Crippen LogP contribution in [0.5, 0.6) is 5.75 Å². The number of rotatable bonds is 6. The Morgan fingerprint density at radius 3 is 2.62 bits per heavy atom. The van der Waals surface area contributed by atoms with Crippen molar-refractivity contribution in [2.45, 2.75) is 24.7 Å². The van der Waals surface area contributed by atoms with Gasteiger partial charge in [0.25, 0.3) is 0 Å². The van der Waals surface area contributed by atoms with E-state index < -0.39 is 5.41 Å². The molecule has 4 nitrogen and oxygen atoms in total.